The Bertz CT molecular complexity index is 921. The molecule has 1 saturated heterocycles. The smallest absolute Gasteiger partial charge is 0.291 e. The molecule has 0 bridgehead atoms. The molecule has 1 N–H and O–H groups in total. The molecule has 1 aliphatic heterocycles. The fourth-order valence-electron chi connectivity index (χ4n) is 2.89. The summed E-state index contributed by atoms with van der Waals surface area (Å²) in [6.45, 7) is 0.708. The van der Waals surface area contributed by atoms with Crippen molar-refractivity contribution in [3.05, 3.63) is 45.3 Å². The third-order valence-electron chi connectivity index (χ3n) is 4.16. The van der Waals surface area contributed by atoms with Gasteiger partial charge in [0.15, 0.2) is 16.5 Å². The summed E-state index contributed by atoms with van der Waals surface area (Å²) in [5.41, 5.74) is 0.429. The molecule has 10 heteroatoms. The fraction of sp³-hybridized carbons (Fsp3) is 0.467. The summed E-state index contributed by atoms with van der Waals surface area (Å²) in [4.78, 5) is 1.08. The first-order chi connectivity index (χ1) is 11.7. The molecule has 1 aromatic carbocycles. The average Bonchev–Trinajstić information content (AvgIpc) is 3.06. The van der Waals surface area contributed by atoms with Gasteiger partial charge in [-0.15, -0.1) is 5.10 Å². The van der Waals surface area contributed by atoms with E-state index in [1.807, 2.05) is 7.05 Å². The molecule has 3 rings (SSSR count). The molecule has 1 fully saturated rings. The van der Waals surface area contributed by atoms with E-state index in [9.17, 15) is 12.8 Å². The molecule has 0 spiro atoms. The van der Waals surface area contributed by atoms with Crippen molar-refractivity contribution >= 4 is 33.7 Å². The van der Waals surface area contributed by atoms with Crippen LogP contribution in [-0.4, -0.2) is 36.8 Å². The summed E-state index contributed by atoms with van der Waals surface area (Å²) in [7, 11) is -1.17. The molecule has 1 aromatic heterocycles. The van der Waals surface area contributed by atoms with Crippen LogP contribution >= 0.6 is 23.8 Å². The van der Waals surface area contributed by atoms with Crippen molar-refractivity contribution in [1.29, 1.82) is 0 Å². The van der Waals surface area contributed by atoms with Crippen LogP contribution in [0.2, 0.25) is 5.02 Å². The van der Waals surface area contributed by atoms with Gasteiger partial charge in [-0.2, -0.15) is 4.68 Å². The molecular weight excluding hydrogens is 389 g/mol. The van der Waals surface area contributed by atoms with Crippen molar-refractivity contribution in [2.75, 3.05) is 18.6 Å². The Morgan fingerprint density at radius 1 is 1.52 bits per heavy atom. The van der Waals surface area contributed by atoms with Crippen LogP contribution in [-0.2, 0) is 23.1 Å². The van der Waals surface area contributed by atoms with Gasteiger partial charge in [0.1, 0.15) is 12.4 Å². The van der Waals surface area contributed by atoms with Gasteiger partial charge in [-0.25, -0.2) is 12.8 Å². The molecule has 1 aliphatic rings. The second-order valence-electron chi connectivity index (χ2n) is 6.30. The van der Waals surface area contributed by atoms with E-state index in [2.05, 4.69) is 5.10 Å². The zero-order valence-electron chi connectivity index (χ0n) is 13.5. The summed E-state index contributed by atoms with van der Waals surface area (Å²) in [5.74, 6) is -0.0796. The molecule has 0 saturated carbocycles. The Kier molecular flexibility index (Phi) is 5.29. The topological polar surface area (TPSA) is 69.5 Å². The highest BCUT2D eigenvalue weighted by atomic mass is 35.5. The molecule has 2 heterocycles. The minimum Gasteiger partial charge on any atom is -0.413 e. The minimum absolute atomic E-state index is 0.0375. The lowest BCUT2D eigenvalue weighted by atomic mass is 10.1. The van der Waals surface area contributed by atoms with Gasteiger partial charge in [-0.1, -0.05) is 17.7 Å². The van der Waals surface area contributed by atoms with Crippen LogP contribution in [0.5, 0.6) is 0 Å². The second-order valence-corrected chi connectivity index (χ2v) is 9.28. The average molecular weight is 407 g/mol. The number of aromatic nitrogens is 2. The van der Waals surface area contributed by atoms with Crippen LogP contribution in [0.15, 0.2) is 22.6 Å². The summed E-state index contributed by atoms with van der Waals surface area (Å²) < 4.78 is 44.1. The van der Waals surface area contributed by atoms with Crippen LogP contribution < -0.4 is 4.90 Å². The Morgan fingerprint density at radius 3 is 2.92 bits per heavy atom. The number of nitrogens with one attached hydrogen (secondary N) is 1. The van der Waals surface area contributed by atoms with E-state index in [0.29, 0.717) is 36.1 Å². The van der Waals surface area contributed by atoms with Crippen molar-refractivity contribution in [3.8, 4) is 0 Å². The number of hydrogen-bond donors (Lipinski definition) is 1. The lowest BCUT2D eigenvalue weighted by Gasteiger charge is -2.14. The SMILES string of the molecule is C[NH+](Cc1c(F)cccc1Cl)Cn1nc([C@@H]2CCS(=O)(=O)C2)oc1=S. The van der Waals surface area contributed by atoms with Crippen molar-refractivity contribution in [3.63, 3.8) is 0 Å². The van der Waals surface area contributed by atoms with E-state index < -0.39 is 9.84 Å². The molecule has 0 aliphatic carbocycles. The maximum atomic E-state index is 13.9. The summed E-state index contributed by atoms with van der Waals surface area (Å²) in [6.07, 6.45) is 0.491. The standard InChI is InChI=1S/C15H17ClFN3O3S2/c1-19(7-11-12(16)3-2-4-13(11)17)9-20-15(24)23-14(18-20)10-5-6-25(21,22)8-10/h2-4,10H,5-9H2,1H3/p+1/t10-/m1/s1. The Morgan fingerprint density at radius 2 is 2.28 bits per heavy atom. The monoisotopic (exact) mass is 406 g/mol. The van der Waals surface area contributed by atoms with E-state index in [4.69, 9.17) is 28.2 Å². The lowest BCUT2D eigenvalue weighted by Crippen LogP contribution is -3.07. The van der Waals surface area contributed by atoms with E-state index >= 15 is 0 Å². The number of hydrogen-bond acceptors (Lipinski definition) is 5. The molecule has 6 nitrogen and oxygen atoms in total. The van der Waals surface area contributed by atoms with Crippen LogP contribution in [0.4, 0.5) is 4.39 Å². The van der Waals surface area contributed by atoms with Gasteiger partial charge in [-0.3, -0.25) is 0 Å². The number of benzene rings is 1. The van der Waals surface area contributed by atoms with E-state index in [1.54, 1.807) is 12.1 Å². The van der Waals surface area contributed by atoms with Crippen LogP contribution in [0.25, 0.3) is 0 Å². The quantitative estimate of drug-likeness (QED) is 0.763. The maximum absolute atomic E-state index is 13.9. The first-order valence-electron chi connectivity index (χ1n) is 7.77. The van der Waals surface area contributed by atoms with Crippen LogP contribution in [0.3, 0.4) is 0 Å². The van der Waals surface area contributed by atoms with Crippen molar-refractivity contribution in [2.45, 2.75) is 25.6 Å². The van der Waals surface area contributed by atoms with Gasteiger partial charge < -0.3 is 9.32 Å². The highest BCUT2D eigenvalue weighted by molar-refractivity contribution is 7.91. The van der Waals surface area contributed by atoms with Gasteiger partial charge in [0.2, 0.25) is 5.89 Å². The van der Waals surface area contributed by atoms with E-state index in [-0.39, 0.29) is 28.1 Å². The van der Waals surface area contributed by atoms with Gasteiger partial charge >= 0.3 is 0 Å². The molecule has 136 valence electrons. The predicted molar refractivity (Wildman–Crippen MR) is 93.3 cm³/mol. The predicted octanol–water partition coefficient (Wildman–Crippen LogP) is 1.57. The van der Waals surface area contributed by atoms with Crippen molar-refractivity contribution < 1.29 is 22.1 Å². The molecule has 2 aromatic rings. The number of sulfone groups is 1. The molecule has 1 unspecified atom stereocenters. The molecule has 2 atom stereocenters. The summed E-state index contributed by atoms with van der Waals surface area (Å²) in [6, 6.07) is 4.58. The molecule has 0 amide bonds. The number of rotatable bonds is 5. The zero-order chi connectivity index (χ0) is 18.2. The first-order valence-corrected chi connectivity index (χ1v) is 10.4. The number of quaternary nitrogens is 1. The van der Waals surface area contributed by atoms with Crippen molar-refractivity contribution in [1.82, 2.24) is 9.78 Å². The second kappa shape index (κ2) is 7.14. The van der Waals surface area contributed by atoms with Crippen molar-refractivity contribution in [2.24, 2.45) is 0 Å². The van der Waals surface area contributed by atoms with E-state index in [1.165, 1.54) is 10.7 Å². The van der Waals surface area contributed by atoms with Crippen LogP contribution in [0.1, 0.15) is 23.8 Å². The first kappa shape index (κ1) is 18.5. The van der Waals surface area contributed by atoms with Gasteiger partial charge in [0.05, 0.1) is 35.1 Å². The Labute approximate surface area is 155 Å². The fourth-order valence-corrected chi connectivity index (χ4v) is 5.04. The Balaban J connectivity index is 1.72. The molecular formula is C15H18ClFN3O3S2+. The van der Waals surface area contributed by atoms with Gasteiger partial charge in [0.25, 0.3) is 4.84 Å². The van der Waals surface area contributed by atoms with E-state index in [0.717, 1.165) is 4.90 Å². The lowest BCUT2D eigenvalue weighted by molar-refractivity contribution is -0.917. The van der Waals surface area contributed by atoms with Gasteiger partial charge in [0, 0.05) is 0 Å². The summed E-state index contributed by atoms with van der Waals surface area (Å²) >= 11 is 11.2. The zero-order valence-corrected chi connectivity index (χ0v) is 15.9. The summed E-state index contributed by atoms with van der Waals surface area (Å²) in [5, 5.41) is 4.69. The largest absolute Gasteiger partial charge is 0.413 e. The molecule has 0 radical (unpaired) electrons. The third kappa shape index (κ3) is 4.28. The highest BCUT2D eigenvalue weighted by Crippen LogP contribution is 2.27. The Hall–Kier alpha value is -1.29. The van der Waals surface area contributed by atoms with Gasteiger partial charge in [-0.05, 0) is 30.8 Å². The normalized spacial score (nSPS) is 20.7. The maximum Gasteiger partial charge on any atom is 0.291 e. The van der Waals surface area contributed by atoms with Crippen LogP contribution in [0, 0.1) is 10.7 Å². The highest BCUT2D eigenvalue weighted by Gasteiger charge is 2.33. The molecule has 25 heavy (non-hydrogen) atoms. The number of halogens is 2. The third-order valence-corrected chi connectivity index (χ3v) is 6.58. The minimum atomic E-state index is -3.03. The number of nitrogens with zero attached hydrogens (tertiary/aromatic N) is 2.